The predicted octanol–water partition coefficient (Wildman–Crippen LogP) is 2.56. The highest BCUT2D eigenvalue weighted by Gasteiger charge is 2.30. The molecule has 1 fully saturated rings. The molecule has 7 heteroatoms. The van der Waals surface area contributed by atoms with Crippen LogP contribution in [0.4, 0.5) is 10.8 Å². The van der Waals surface area contributed by atoms with E-state index in [0.29, 0.717) is 11.4 Å². The van der Waals surface area contributed by atoms with E-state index in [1.54, 1.807) is 0 Å². The van der Waals surface area contributed by atoms with Crippen molar-refractivity contribution < 1.29 is 4.79 Å². The molecule has 1 aromatic heterocycles. The van der Waals surface area contributed by atoms with E-state index in [0.717, 1.165) is 11.5 Å². The smallest absolute Gasteiger partial charge is 0.258 e. The number of anilines is 2. The Bertz CT molecular complexity index is 481. The second-order valence-electron chi connectivity index (χ2n) is 5.66. The summed E-state index contributed by atoms with van der Waals surface area (Å²) in [4.78, 5) is 12.2. The second-order valence-corrected chi connectivity index (χ2v) is 8.11. The van der Waals surface area contributed by atoms with E-state index in [9.17, 15) is 4.79 Å². The van der Waals surface area contributed by atoms with Gasteiger partial charge in [0.05, 0.1) is 0 Å². The first kappa shape index (κ1) is 15.4. The van der Waals surface area contributed by atoms with Crippen molar-refractivity contribution in [1.82, 2.24) is 9.69 Å². The molecule has 1 unspecified atom stereocenters. The van der Waals surface area contributed by atoms with Gasteiger partial charge in [-0.15, -0.1) is 0 Å². The average molecular weight is 314 g/mol. The normalized spacial score (nSPS) is 22.2. The summed E-state index contributed by atoms with van der Waals surface area (Å²) in [5.41, 5.74) is 6.31. The van der Waals surface area contributed by atoms with Crippen LogP contribution in [0.2, 0.25) is 0 Å². The molecule has 1 aliphatic heterocycles. The Morgan fingerprint density at radius 3 is 2.90 bits per heavy atom. The molecule has 1 saturated heterocycles. The number of amides is 1. The van der Waals surface area contributed by atoms with Gasteiger partial charge in [0.15, 0.2) is 5.82 Å². The van der Waals surface area contributed by atoms with Crippen LogP contribution < -0.4 is 16.4 Å². The summed E-state index contributed by atoms with van der Waals surface area (Å²) < 4.78 is 4.34. The lowest BCUT2D eigenvalue weighted by molar-refractivity contribution is 0.0945. The molecule has 1 aliphatic rings. The molecule has 0 spiro atoms. The molecule has 2 heterocycles. The average Bonchev–Trinajstić information content (AvgIpc) is 2.93. The number of hydrogen-bond donors (Lipinski definition) is 3. The van der Waals surface area contributed by atoms with Gasteiger partial charge in [0.2, 0.25) is 0 Å². The molecule has 112 valence electrons. The summed E-state index contributed by atoms with van der Waals surface area (Å²) in [7, 11) is 0. The van der Waals surface area contributed by atoms with Crippen LogP contribution in [0, 0.1) is 0 Å². The van der Waals surface area contributed by atoms with Gasteiger partial charge in [-0.05, 0) is 50.9 Å². The minimum absolute atomic E-state index is 0.0811. The Labute approximate surface area is 128 Å². The highest BCUT2D eigenvalue weighted by Crippen LogP contribution is 2.38. The fourth-order valence-electron chi connectivity index (χ4n) is 2.22. The van der Waals surface area contributed by atoms with Crippen LogP contribution >= 0.6 is 23.3 Å². The molecule has 1 amide bonds. The Hall–Kier alpha value is -0.950. The van der Waals surface area contributed by atoms with E-state index < -0.39 is 0 Å². The van der Waals surface area contributed by atoms with Gasteiger partial charge in [-0.25, -0.2) is 0 Å². The van der Waals surface area contributed by atoms with Gasteiger partial charge in [-0.3, -0.25) is 4.79 Å². The van der Waals surface area contributed by atoms with Crippen molar-refractivity contribution in [2.24, 2.45) is 0 Å². The second kappa shape index (κ2) is 6.22. The largest absolute Gasteiger partial charge is 0.382 e. The molecule has 0 saturated carbocycles. The van der Waals surface area contributed by atoms with Crippen molar-refractivity contribution in [3.8, 4) is 0 Å². The fourth-order valence-corrected chi connectivity index (χ4v) is 4.17. The van der Waals surface area contributed by atoms with Crippen LogP contribution in [0.15, 0.2) is 0 Å². The highest BCUT2D eigenvalue weighted by atomic mass is 32.2. The standard InChI is InChI=1S/C13H22N4OS2/c1-8(2)16-11(18)9-10(14)17-20-12(9)15-7-13(3)5-4-6-19-13/h8,15H,4-7H2,1-3H3,(H2,14,17)(H,16,18). The third-order valence-electron chi connectivity index (χ3n) is 3.29. The van der Waals surface area contributed by atoms with E-state index in [2.05, 4.69) is 21.9 Å². The van der Waals surface area contributed by atoms with E-state index in [4.69, 9.17) is 5.73 Å². The van der Waals surface area contributed by atoms with E-state index in [1.165, 1.54) is 30.1 Å². The number of nitrogens with one attached hydrogen (secondary N) is 2. The summed E-state index contributed by atoms with van der Waals surface area (Å²) in [5, 5.41) is 7.00. The first-order chi connectivity index (χ1) is 9.41. The number of nitrogens with zero attached hydrogens (tertiary/aromatic N) is 1. The summed E-state index contributed by atoms with van der Waals surface area (Å²) in [6.07, 6.45) is 2.46. The fraction of sp³-hybridized carbons (Fsp3) is 0.692. The molecule has 0 bridgehead atoms. The highest BCUT2D eigenvalue weighted by molar-refractivity contribution is 8.00. The third kappa shape index (κ3) is 3.58. The van der Waals surface area contributed by atoms with Crippen molar-refractivity contribution in [2.75, 3.05) is 23.3 Å². The number of aromatic nitrogens is 1. The molecule has 20 heavy (non-hydrogen) atoms. The van der Waals surface area contributed by atoms with Crippen molar-refractivity contribution >= 4 is 40.0 Å². The van der Waals surface area contributed by atoms with Crippen LogP contribution in [0.5, 0.6) is 0 Å². The van der Waals surface area contributed by atoms with Gasteiger partial charge >= 0.3 is 0 Å². The van der Waals surface area contributed by atoms with Gasteiger partial charge < -0.3 is 16.4 Å². The van der Waals surface area contributed by atoms with Crippen LogP contribution in [0.3, 0.4) is 0 Å². The number of rotatable bonds is 5. The maximum Gasteiger partial charge on any atom is 0.258 e. The van der Waals surface area contributed by atoms with Crippen molar-refractivity contribution in [3.63, 3.8) is 0 Å². The number of nitrogen functional groups attached to an aromatic ring is 1. The first-order valence-corrected chi connectivity index (χ1v) is 8.61. The molecule has 5 nitrogen and oxygen atoms in total. The molecule has 0 radical (unpaired) electrons. The summed E-state index contributed by atoms with van der Waals surface area (Å²) >= 11 is 3.24. The van der Waals surface area contributed by atoms with E-state index >= 15 is 0 Å². The lowest BCUT2D eigenvalue weighted by atomic mass is 10.1. The Kier molecular flexibility index (Phi) is 4.80. The van der Waals surface area contributed by atoms with Crippen molar-refractivity contribution in [3.05, 3.63) is 5.56 Å². The van der Waals surface area contributed by atoms with E-state index in [-0.39, 0.29) is 16.7 Å². The van der Waals surface area contributed by atoms with Crippen LogP contribution in [-0.2, 0) is 0 Å². The number of thioether (sulfide) groups is 1. The van der Waals surface area contributed by atoms with Crippen LogP contribution in [0.1, 0.15) is 44.0 Å². The summed E-state index contributed by atoms with van der Waals surface area (Å²) in [6, 6.07) is 0.0811. The minimum atomic E-state index is -0.155. The molecule has 4 N–H and O–H groups in total. The van der Waals surface area contributed by atoms with Gasteiger partial charge in [-0.1, -0.05) is 0 Å². The maximum atomic E-state index is 12.2. The van der Waals surface area contributed by atoms with E-state index in [1.807, 2.05) is 25.6 Å². The molecule has 1 atom stereocenters. The van der Waals surface area contributed by atoms with Crippen molar-refractivity contribution in [2.45, 2.75) is 44.4 Å². The first-order valence-electron chi connectivity index (χ1n) is 6.85. The topological polar surface area (TPSA) is 80.0 Å². The van der Waals surface area contributed by atoms with Crippen molar-refractivity contribution in [1.29, 1.82) is 0 Å². The third-order valence-corrected chi connectivity index (χ3v) is 5.65. The van der Waals surface area contributed by atoms with Crippen LogP contribution in [0.25, 0.3) is 0 Å². The number of nitrogens with two attached hydrogens (primary N) is 1. The molecule has 2 rings (SSSR count). The quantitative estimate of drug-likeness (QED) is 0.778. The summed E-state index contributed by atoms with van der Waals surface area (Å²) in [6.45, 7) is 6.95. The Morgan fingerprint density at radius 1 is 1.55 bits per heavy atom. The summed E-state index contributed by atoms with van der Waals surface area (Å²) in [5.74, 6) is 1.36. The van der Waals surface area contributed by atoms with Crippen LogP contribution in [-0.4, -0.2) is 33.4 Å². The lowest BCUT2D eigenvalue weighted by Crippen LogP contribution is -2.32. The van der Waals surface area contributed by atoms with Gasteiger partial charge in [-0.2, -0.15) is 16.1 Å². The maximum absolute atomic E-state index is 12.2. The number of carbonyl (C=O) groups excluding carboxylic acids is 1. The monoisotopic (exact) mass is 314 g/mol. The van der Waals surface area contributed by atoms with Gasteiger partial charge in [0.1, 0.15) is 10.6 Å². The zero-order chi connectivity index (χ0) is 14.8. The molecular weight excluding hydrogens is 292 g/mol. The number of hydrogen-bond acceptors (Lipinski definition) is 6. The molecule has 0 aromatic carbocycles. The minimum Gasteiger partial charge on any atom is -0.382 e. The molecule has 0 aliphatic carbocycles. The Morgan fingerprint density at radius 2 is 2.30 bits per heavy atom. The Balaban J connectivity index is 2.06. The molecule has 1 aromatic rings. The SMILES string of the molecule is CC(C)NC(=O)c1c(N)nsc1NCC1(C)CCCS1. The zero-order valence-corrected chi connectivity index (χ0v) is 13.8. The number of carbonyl (C=O) groups is 1. The predicted molar refractivity (Wildman–Crippen MR) is 87.7 cm³/mol. The van der Waals surface area contributed by atoms with Gasteiger partial charge in [0, 0.05) is 17.3 Å². The zero-order valence-electron chi connectivity index (χ0n) is 12.2. The molecular formula is C13H22N4OS2. The lowest BCUT2D eigenvalue weighted by Gasteiger charge is -2.23. The van der Waals surface area contributed by atoms with Gasteiger partial charge in [0.25, 0.3) is 5.91 Å².